The first-order valence-corrected chi connectivity index (χ1v) is 10.3. The van der Waals surface area contributed by atoms with E-state index in [9.17, 15) is 31.0 Å². The van der Waals surface area contributed by atoms with Gasteiger partial charge < -0.3 is 5.11 Å². The third-order valence-electron chi connectivity index (χ3n) is 3.75. The normalized spacial score (nSPS) is 12.7. The van der Waals surface area contributed by atoms with Crippen LogP contribution in [0, 0.1) is 0 Å². The van der Waals surface area contributed by atoms with Gasteiger partial charge in [-0.1, -0.05) is 18.2 Å². The second-order valence-corrected chi connectivity index (χ2v) is 8.44. The van der Waals surface area contributed by atoms with Crippen LogP contribution < -0.4 is 0 Å². The topological polar surface area (TPSA) is 141 Å². The number of fused-ring (bicyclic) bond motifs is 1. The molecule has 3 aromatic rings. The molecule has 0 heterocycles. The highest BCUT2D eigenvalue weighted by Gasteiger charge is 2.16. The van der Waals surface area contributed by atoms with E-state index in [-0.39, 0.29) is 16.8 Å². The van der Waals surface area contributed by atoms with E-state index >= 15 is 0 Å². The van der Waals surface area contributed by atoms with Crippen molar-refractivity contribution < 1.29 is 31.0 Å². The summed E-state index contributed by atoms with van der Waals surface area (Å²) in [7, 11) is -9.09. The summed E-state index contributed by atoms with van der Waals surface area (Å²) in [6, 6.07) is 12.1. The average molecular weight is 407 g/mol. The van der Waals surface area contributed by atoms with Crippen molar-refractivity contribution in [2.24, 2.45) is 4.99 Å². The Morgan fingerprint density at radius 1 is 0.815 bits per heavy atom. The number of rotatable bonds is 4. The predicted octanol–water partition coefficient (Wildman–Crippen LogP) is 2.79. The molecule has 0 aliphatic heterocycles. The van der Waals surface area contributed by atoms with E-state index in [0.717, 1.165) is 24.3 Å². The molecule has 0 amide bonds. The summed E-state index contributed by atoms with van der Waals surface area (Å²) in [5.74, 6) is -0.0369. The molecule has 3 rings (SSSR count). The Labute approximate surface area is 154 Å². The standard InChI is InChI=1S/C17H13NO7S2/c19-17-4-2-1-3-11(17)10-18-16-9-14(27(23,24)25)8-12-7-13(26(20,21)22)5-6-15(12)16/h1-10,19H,(H,20,21,22)(H,23,24,25). The summed E-state index contributed by atoms with van der Waals surface area (Å²) < 4.78 is 64.2. The lowest BCUT2D eigenvalue weighted by Crippen LogP contribution is -2.00. The van der Waals surface area contributed by atoms with Crippen molar-refractivity contribution in [1.29, 1.82) is 0 Å². The Bertz CT molecular complexity index is 1270. The van der Waals surface area contributed by atoms with Crippen LogP contribution in [0.15, 0.2) is 69.4 Å². The molecule has 0 saturated heterocycles. The molecular weight excluding hydrogens is 394 g/mol. The summed E-state index contributed by atoms with van der Waals surface area (Å²) >= 11 is 0. The van der Waals surface area contributed by atoms with Gasteiger partial charge in [0.1, 0.15) is 5.75 Å². The van der Waals surface area contributed by atoms with Crippen molar-refractivity contribution in [3.05, 3.63) is 60.2 Å². The van der Waals surface area contributed by atoms with Gasteiger partial charge in [0.05, 0.1) is 15.5 Å². The molecule has 3 N–H and O–H groups in total. The predicted molar refractivity (Wildman–Crippen MR) is 98.9 cm³/mol. The molecule has 3 aromatic carbocycles. The summed E-state index contributed by atoms with van der Waals surface area (Å²) in [4.78, 5) is 3.23. The fourth-order valence-corrected chi connectivity index (χ4v) is 3.51. The van der Waals surface area contributed by atoms with Crippen molar-refractivity contribution in [3.8, 4) is 5.75 Å². The molecule has 0 aliphatic rings. The summed E-state index contributed by atoms with van der Waals surface area (Å²) in [5.41, 5.74) is 0.489. The molecule has 0 bridgehead atoms. The lowest BCUT2D eigenvalue weighted by Gasteiger charge is -2.07. The van der Waals surface area contributed by atoms with Gasteiger partial charge >= 0.3 is 0 Å². The maximum absolute atomic E-state index is 11.5. The number of aliphatic imine (C=N–C) groups is 1. The molecule has 0 spiro atoms. The van der Waals surface area contributed by atoms with Gasteiger partial charge in [-0.05, 0) is 41.8 Å². The molecule has 10 heteroatoms. The number of nitrogens with zero attached hydrogens (tertiary/aromatic N) is 1. The number of hydrogen-bond donors (Lipinski definition) is 3. The Hall–Kier alpha value is -2.79. The van der Waals surface area contributed by atoms with Gasteiger partial charge in [0.2, 0.25) is 0 Å². The van der Waals surface area contributed by atoms with Gasteiger partial charge in [0, 0.05) is 17.2 Å². The van der Waals surface area contributed by atoms with E-state index in [4.69, 9.17) is 0 Å². The zero-order valence-corrected chi connectivity index (χ0v) is 15.1. The average Bonchev–Trinajstić information content (AvgIpc) is 2.58. The number of para-hydroxylation sites is 1. The second kappa shape index (κ2) is 6.74. The van der Waals surface area contributed by atoms with Crippen LogP contribution in [0.1, 0.15) is 5.56 Å². The Morgan fingerprint density at radius 3 is 2.07 bits per heavy atom. The zero-order valence-electron chi connectivity index (χ0n) is 13.5. The minimum atomic E-state index is -4.59. The number of aromatic hydroxyl groups is 1. The minimum Gasteiger partial charge on any atom is -0.507 e. The van der Waals surface area contributed by atoms with E-state index in [2.05, 4.69) is 4.99 Å². The summed E-state index contributed by atoms with van der Waals surface area (Å²) in [6.45, 7) is 0. The second-order valence-electron chi connectivity index (χ2n) is 5.59. The highest BCUT2D eigenvalue weighted by atomic mass is 32.2. The third kappa shape index (κ3) is 4.14. The van der Waals surface area contributed by atoms with Gasteiger partial charge in [-0.25, -0.2) is 0 Å². The molecule has 0 radical (unpaired) electrons. The fourth-order valence-electron chi connectivity index (χ4n) is 2.45. The van der Waals surface area contributed by atoms with Crippen LogP contribution in [0.25, 0.3) is 10.8 Å². The number of hydrogen-bond acceptors (Lipinski definition) is 6. The van der Waals surface area contributed by atoms with Crippen molar-refractivity contribution in [2.75, 3.05) is 0 Å². The summed E-state index contributed by atoms with van der Waals surface area (Å²) in [5, 5.41) is 10.3. The van der Waals surface area contributed by atoms with E-state index in [0.29, 0.717) is 10.9 Å². The Morgan fingerprint density at radius 2 is 1.44 bits per heavy atom. The monoisotopic (exact) mass is 407 g/mol. The van der Waals surface area contributed by atoms with E-state index in [1.165, 1.54) is 18.3 Å². The van der Waals surface area contributed by atoms with Crippen LogP contribution >= 0.6 is 0 Å². The smallest absolute Gasteiger partial charge is 0.294 e. The first kappa shape index (κ1) is 19.0. The van der Waals surface area contributed by atoms with Crippen LogP contribution in [0.3, 0.4) is 0 Å². The molecule has 140 valence electrons. The number of phenolic OH excluding ortho intramolecular Hbond substituents is 1. The van der Waals surface area contributed by atoms with E-state index < -0.39 is 30.0 Å². The van der Waals surface area contributed by atoms with Gasteiger partial charge in [-0.3, -0.25) is 14.1 Å². The molecule has 0 unspecified atom stereocenters. The molecule has 27 heavy (non-hydrogen) atoms. The number of benzene rings is 3. The minimum absolute atomic E-state index is 0.0369. The van der Waals surface area contributed by atoms with Crippen LogP contribution in [0.5, 0.6) is 5.75 Å². The quantitative estimate of drug-likeness (QED) is 0.446. The van der Waals surface area contributed by atoms with Crippen molar-refractivity contribution in [3.63, 3.8) is 0 Å². The van der Waals surface area contributed by atoms with Crippen molar-refractivity contribution in [2.45, 2.75) is 9.79 Å². The van der Waals surface area contributed by atoms with Gasteiger partial charge in [0.25, 0.3) is 20.2 Å². The third-order valence-corrected chi connectivity index (χ3v) is 5.43. The van der Waals surface area contributed by atoms with Crippen LogP contribution in [0.2, 0.25) is 0 Å². The molecular formula is C17H13NO7S2. The molecule has 8 nitrogen and oxygen atoms in total. The highest BCUT2D eigenvalue weighted by Crippen LogP contribution is 2.32. The first-order chi connectivity index (χ1) is 12.6. The van der Waals surface area contributed by atoms with Crippen LogP contribution in [-0.4, -0.2) is 37.3 Å². The zero-order chi connectivity index (χ0) is 19.8. The van der Waals surface area contributed by atoms with Gasteiger partial charge in [0.15, 0.2) is 0 Å². The Balaban J connectivity index is 2.25. The summed E-state index contributed by atoms with van der Waals surface area (Å²) in [6.07, 6.45) is 1.30. The van der Waals surface area contributed by atoms with Gasteiger partial charge in [-0.15, -0.1) is 0 Å². The molecule has 0 fully saturated rings. The molecule has 0 atom stereocenters. The maximum Gasteiger partial charge on any atom is 0.294 e. The highest BCUT2D eigenvalue weighted by molar-refractivity contribution is 7.86. The van der Waals surface area contributed by atoms with E-state index in [1.807, 2.05) is 0 Å². The van der Waals surface area contributed by atoms with Crippen molar-refractivity contribution in [1.82, 2.24) is 0 Å². The first-order valence-electron chi connectivity index (χ1n) is 7.40. The van der Waals surface area contributed by atoms with Crippen molar-refractivity contribution >= 4 is 42.9 Å². The largest absolute Gasteiger partial charge is 0.507 e. The lowest BCUT2D eigenvalue weighted by atomic mass is 10.1. The maximum atomic E-state index is 11.5. The Kier molecular flexibility index (Phi) is 4.74. The van der Waals surface area contributed by atoms with E-state index in [1.54, 1.807) is 18.2 Å². The molecule has 0 aliphatic carbocycles. The fraction of sp³-hybridized carbons (Fsp3) is 0. The molecule has 0 aromatic heterocycles. The SMILES string of the molecule is O=S(=O)(O)c1ccc2c(N=Cc3ccccc3O)cc(S(=O)(=O)O)cc2c1. The van der Waals surface area contributed by atoms with Crippen LogP contribution in [-0.2, 0) is 20.2 Å². The lowest BCUT2D eigenvalue weighted by molar-refractivity contribution is 0.474. The van der Waals surface area contributed by atoms with Crippen LogP contribution in [0.4, 0.5) is 5.69 Å². The van der Waals surface area contributed by atoms with Gasteiger partial charge in [-0.2, -0.15) is 16.8 Å². The number of phenols is 1. The molecule has 0 saturated carbocycles.